The Hall–Kier alpha value is -5.32. The third kappa shape index (κ3) is 11.1. The number of halogens is 2. The number of nitro groups is 1. The highest BCUT2D eigenvalue weighted by Gasteiger charge is 2.32. The highest BCUT2D eigenvalue weighted by atomic mass is 35.5. The van der Waals surface area contributed by atoms with Gasteiger partial charge in [-0.3, -0.25) is 24.7 Å². The first-order valence-corrected chi connectivity index (χ1v) is 26.5. The number of hydrogen-bond acceptors (Lipinski definition) is 12. The number of pyridine rings is 1. The minimum Gasteiger partial charge on any atom is -0.455 e. The number of amides is 1. The molecular formula is C47H55ClFN8O7PS. The van der Waals surface area contributed by atoms with Crippen molar-refractivity contribution in [1.29, 1.82) is 0 Å². The summed E-state index contributed by atoms with van der Waals surface area (Å²) in [5.74, 6) is -0.600. The number of nitrogens with one attached hydrogen (secondary N) is 3. The lowest BCUT2D eigenvalue weighted by molar-refractivity contribution is -0.384. The van der Waals surface area contributed by atoms with Gasteiger partial charge in [0, 0.05) is 99.1 Å². The molecule has 8 rings (SSSR count). The van der Waals surface area contributed by atoms with Gasteiger partial charge in [-0.1, -0.05) is 43.2 Å². The largest absolute Gasteiger partial charge is 0.455 e. The van der Waals surface area contributed by atoms with E-state index in [2.05, 4.69) is 55.8 Å². The summed E-state index contributed by atoms with van der Waals surface area (Å²) in [6, 6.07) is 19.3. The number of carbonyl (C=O) groups excluding carboxylic acids is 1. The molecule has 0 radical (unpaired) electrons. The zero-order chi connectivity index (χ0) is 46.8. The van der Waals surface area contributed by atoms with Gasteiger partial charge >= 0.3 is 0 Å². The van der Waals surface area contributed by atoms with E-state index in [9.17, 15) is 32.3 Å². The van der Waals surface area contributed by atoms with E-state index in [0.29, 0.717) is 54.9 Å². The van der Waals surface area contributed by atoms with Crippen molar-refractivity contribution in [2.75, 3.05) is 88.2 Å². The Morgan fingerprint density at radius 3 is 2.48 bits per heavy atom. The summed E-state index contributed by atoms with van der Waals surface area (Å²) in [7, 11) is -6.91. The number of alkyl halides is 1. The summed E-state index contributed by atoms with van der Waals surface area (Å²) in [6.45, 7) is 10.4. The van der Waals surface area contributed by atoms with Crippen molar-refractivity contribution >= 4 is 68.3 Å². The molecule has 3 aromatic carbocycles. The van der Waals surface area contributed by atoms with E-state index in [1.807, 2.05) is 23.1 Å². The number of H-pyrrole nitrogens is 1. The zero-order valence-electron chi connectivity index (χ0n) is 37.3. The second kappa shape index (κ2) is 19.5. The average Bonchev–Trinajstić information content (AvgIpc) is 3.76. The fourth-order valence-electron chi connectivity index (χ4n) is 8.97. The van der Waals surface area contributed by atoms with Crippen LogP contribution in [0.1, 0.15) is 49.0 Å². The van der Waals surface area contributed by atoms with Gasteiger partial charge in [0.25, 0.3) is 21.6 Å². The number of nitro benzene ring substituents is 1. The summed E-state index contributed by atoms with van der Waals surface area (Å²) < 4.78 is 62.5. The molecular weight excluding hydrogens is 906 g/mol. The van der Waals surface area contributed by atoms with Crippen molar-refractivity contribution in [2.45, 2.75) is 44.0 Å². The number of nitrogens with zero attached hydrogens (tertiary/aromatic N) is 5. The molecule has 0 saturated carbocycles. The van der Waals surface area contributed by atoms with Gasteiger partial charge in [0.2, 0.25) is 0 Å². The minimum atomic E-state index is -4.66. The molecule has 19 heteroatoms. The number of allylic oxidation sites excluding steroid dienone is 1. The molecule has 1 unspecified atom stereocenters. The van der Waals surface area contributed by atoms with E-state index in [0.717, 1.165) is 62.1 Å². The van der Waals surface area contributed by atoms with Gasteiger partial charge in [-0.15, -0.1) is 0 Å². The number of aromatic nitrogens is 2. The molecule has 2 saturated heterocycles. The topological polar surface area (TPSA) is 183 Å². The number of sulfonamides is 1. The number of rotatable bonds is 15. The van der Waals surface area contributed by atoms with Crippen molar-refractivity contribution < 1.29 is 31.8 Å². The zero-order valence-corrected chi connectivity index (χ0v) is 39.7. The molecule has 3 aliphatic rings. The van der Waals surface area contributed by atoms with Crippen LogP contribution < -0.4 is 19.7 Å². The lowest BCUT2D eigenvalue weighted by atomic mass is 9.72. The van der Waals surface area contributed by atoms with E-state index in [1.165, 1.54) is 35.0 Å². The van der Waals surface area contributed by atoms with Crippen molar-refractivity contribution in [3.8, 4) is 11.5 Å². The molecule has 2 aliphatic heterocycles. The van der Waals surface area contributed by atoms with Crippen LogP contribution in [-0.4, -0.2) is 123 Å². The number of piperazine rings is 1. The van der Waals surface area contributed by atoms with Crippen molar-refractivity contribution in [1.82, 2.24) is 24.5 Å². The minimum absolute atomic E-state index is 0.00194. The Kier molecular flexibility index (Phi) is 13.9. The maximum Gasteiger partial charge on any atom is 0.293 e. The molecule has 350 valence electrons. The van der Waals surface area contributed by atoms with Gasteiger partial charge in [0.1, 0.15) is 29.5 Å². The summed E-state index contributed by atoms with van der Waals surface area (Å²) in [5.41, 5.74) is 5.02. The molecule has 66 heavy (non-hydrogen) atoms. The normalized spacial score (nSPS) is 18.5. The molecule has 0 bridgehead atoms. The first-order chi connectivity index (χ1) is 31.5. The van der Waals surface area contributed by atoms with Crippen LogP contribution in [0.4, 0.5) is 21.5 Å². The Labute approximate surface area is 389 Å². The van der Waals surface area contributed by atoms with Crippen LogP contribution in [-0.2, 0) is 14.6 Å². The number of aromatic amines is 1. The Morgan fingerprint density at radius 1 is 1.03 bits per heavy atom. The van der Waals surface area contributed by atoms with Crippen molar-refractivity contribution in [3.63, 3.8) is 0 Å². The monoisotopic (exact) mass is 960 g/mol. The Bertz CT molecular complexity index is 2800. The summed E-state index contributed by atoms with van der Waals surface area (Å²) in [6.07, 6.45) is 7.31. The molecule has 1 aliphatic carbocycles. The second-order valence-electron chi connectivity index (χ2n) is 18.4. The SMILES string of the molecule is CC1(C)CCC(CN2CCN(c3ccc(C(=O)NS(=O)(=O)c4ccc(NCC(CF)N5CCP(C)(=O)CC5)c([N+](=O)[O-])c4)c(Oc4cnc5[nH]ccc5c4)c3)CC2)=C(c2ccc(Cl)cc2)C1. The molecule has 3 N–H and O–H groups in total. The van der Waals surface area contributed by atoms with Gasteiger partial charge in [0.15, 0.2) is 0 Å². The van der Waals surface area contributed by atoms with Crippen LogP contribution in [0.2, 0.25) is 5.02 Å². The molecule has 1 atom stereocenters. The predicted octanol–water partition coefficient (Wildman–Crippen LogP) is 8.88. The van der Waals surface area contributed by atoms with E-state index < -0.39 is 51.3 Å². The fourth-order valence-corrected chi connectivity index (χ4v) is 11.7. The van der Waals surface area contributed by atoms with Crippen LogP contribution in [0.15, 0.2) is 95.7 Å². The van der Waals surface area contributed by atoms with E-state index >= 15 is 0 Å². The van der Waals surface area contributed by atoms with E-state index in [1.54, 1.807) is 31.1 Å². The molecule has 15 nitrogen and oxygen atoms in total. The third-order valence-electron chi connectivity index (χ3n) is 13.0. The second-order valence-corrected chi connectivity index (χ2v) is 24.0. The van der Waals surface area contributed by atoms with Crippen LogP contribution in [0.3, 0.4) is 0 Å². The summed E-state index contributed by atoms with van der Waals surface area (Å²) in [5, 5.41) is 16.6. The van der Waals surface area contributed by atoms with Crippen molar-refractivity contribution in [2.24, 2.45) is 5.41 Å². The first-order valence-electron chi connectivity index (χ1n) is 22.1. The molecule has 0 spiro atoms. The maximum atomic E-state index is 14.1. The number of benzene rings is 3. The van der Waals surface area contributed by atoms with Crippen LogP contribution in [0.25, 0.3) is 16.6 Å². The van der Waals surface area contributed by atoms with Gasteiger partial charge in [-0.25, -0.2) is 22.5 Å². The number of ether oxygens (including phenoxy) is 1. The average molecular weight is 961 g/mol. The number of anilines is 2. The summed E-state index contributed by atoms with van der Waals surface area (Å²) >= 11 is 6.24. The number of hydrogen-bond donors (Lipinski definition) is 3. The molecule has 5 aromatic rings. The Balaban J connectivity index is 0.989. The van der Waals surface area contributed by atoms with Crippen LogP contribution >= 0.6 is 18.7 Å². The first kappa shape index (κ1) is 47.2. The van der Waals surface area contributed by atoms with Gasteiger partial charge in [0.05, 0.1) is 34.8 Å². The quantitative estimate of drug-likeness (QED) is 0.0516. The number of fused-ring (bicyclic) bond motifs is 1. The van der Waals surface area contributed by atoms with E-state index in [4.69, 9.17) is 16.3 Å². The highest BCUT2D eigenvalue weighted by molar-refractivity contribution is 7.90. The maximum absolute atomic E-state index is 14.1. The van der Waals surface area contributed by atoms with Gasteiger partial charge < -0.3 is 24.5 Å². The van der Waals surface area contributed by atoms with Crippen molar-refractivity contribution in [3.05, 3.63) is 117 Å². The lowest BCUT2D eigenvalue weighted by Gasteiger charge is -2.39. The van der Waals surface area contributed by atoms with Crippen LogP contribution in [0.5, 0.6) is 11.5 Å². The molecule has 1 amide bonds. The third-order valence-corrected chi connectivity index (χ3v) is 16.9. The van der Waals surface area contributed by atoms with Gasteiger partial charge in [-0.2, -0.15) is 0 Å². The standard InChI is InChI=1S/C47H55ClFN8O7PS/c1-47(2)14-12-34(41(27-47)32-4-6-35(48)7-5-32)31-54-16-18-55(19-17-54)36-8-10-40(44(25-36)64-38-24-33-13-15-50-45(33)52-30-38)46(58)53-66(62,63)39-9-11-42(43(26-39)57(59)60)51-29-37(28-49)56-20-22-65(3,61)23-21-56/h4-11,13,15,24-26,30,37,51H,12,14,16-23,27-29,31H2,1-3H3,(H,50,52)(H,53,58). The molecule has 4 heterocycles. The summed E-state index contributed by atoms with van der Waals surface area (Å²) in [4.78, 5) is 38.9. The predicted molar refractivity (Wildman–Crippen MR) is 258 cm³/mol. The van der Waals surface area contributed by atoms with Crippen LogP contribution in [0, 0.1) is 15.5 Å². The van der Waals surface area contributed by atoms with E-state index in [-0.39, 0.29) is 29.0 Å². The fraction of sp³-hybridized carbons (Fsp3) is 0.404. The highest BCUT2D eigenvalue weighted by Crippen LogP contribution is 2.44. The Morgan fingerprint density at radius 2 is 1.77 bits per heavy atom. The lowest BCUT2D eigenvalue weighted by Crippen LogP contribution is -2.47. The molecule has 2 aromatic heterocycles. The van der Waals surface area contributed by atoms with Gasteiger partial charge in [-0.05, 0) is 91.0 Å². The molecule has 2 fully saturated rings. The smallest absolute Gasteiger partial charge is 0.293 e. The number of carbonyl (C=O) groups is 1.